The number of thiophene rings is 1. The molecule has 2 aromatic rings. The van der Waals surface area contributed by atoms with Crippen molar-refractivity contribution < 1.29 is 10.0 Å². The lowest BCUT2D eigenvalue weighted by Gasteiger charge is -1.99. The summed E-state index contributed by atoms with van der Waals surface area (Å²) in [5.41, 5.74) is 1.20. The molecule has 6 heteroatoms. The van der Waals surface area contributed by atoms with Crippen LogP contribution >= 0.6 is 23.1 Å². The Kier molecular flexibility index (Phi) is 4.57. The molecule has 100 valence electrons. The highest BCUT2D eigenvalue weighted by Crippen LogP contribution is 2.40. The summed E-state index contributed by atoms with van der Waals surface area (Å²) in [5, 5.41) is 20.5. The molecule has 1 heterocycles. The van der Waals surface area contributed by atoms with Crippen molar-refractivity contribution in [2.45, 2.75) is 23.0 Å². The molecule has 0 radical (unpaired) electrons. The van der Waals surface area contributed by atoms with E-state index in [2.05, 4.69) is 0 Å². The molecule has 0 aliphatic rings. The Bertz CT molecular complexity index is 567. The van der Waals surface area contributed by atoms with Gasteiger partial charge in [-0.15, -0.1) is 23.1 Å². The maximum Gasteiger partial charge on any atom is 0.294 e. The first-order chi connectivity index (χ1) is 9.08. The minimum atomic E-state index is -0.672. The summed E-state index contributed by atoms with van der Waals surface area (Å²) in [6.45, 7) is 1.61. The third-order valence-corrected chi connectivity index (χ3v) is 5.16. The molecule has 0 aliphatic carbocycles. The molecule has 1 N–H and O–H groups in total. The van der Waals surface area contributed by atoms with Crippen molar-refractivity contribution in [1.82, 2.24) is 0 Å². The summed E-state index contributed by atoms with van der Waals surface area (Å²) >= 11 is 2.72. The van der Waals surface area contributed by atoms with Gasteiger partial charge in [0.1, 0.15) is 4.21 Å². The fourth-order valence-electron chi connectivity index (χ4n) is 1.54. The lowest BCUT2D eigenvalue weighted by atomic mass is 10.2. The lowest BCUT2D eigenvalue weighted by molar-refractivity contribution is -0.387. The van der Waals surface area contributed by atoms with E-state index in [9.17, 15) is 15.2 Å². The van der Waals surface area contributed by atoms with E-state index in [1.54, 1.807) is 6.92 Å². The molecular formula is C13H13NO3S2. The third kappa shape index (κ3) is 3.56. The number of hydrogen-bond acceptors (Lipinski definition) is 5. The van der Waals surface area contributed by atoms with Crippen LogP contribution in [0.4, 0.5) is 5.69 Å². The Hall–Kier alpha value is -1.37. The van der Waals surface area contributed by atoms with E-state index in [1.807, 2.05) is 30.3 Å². The molecule has 2 rings (SSSR count). The Morgan fingerprint density at radius 2 is 2.11 bits per heavy atom. The zero-order valence-electron chi connectivity index (χ0n) is 10.3. The van der Waals surface area contributed by atoms with Crippen LogP contribution in [-0.2, 0) is 5.75 Å². The number of nitro groups is 1. The molecule has 0 spiro atoms. The average Bonchev–Trinajstić information content (AvgIpc) is 2.82. The molecule has 1 aromatic carbocycles. The largest absolute Gasteiger partial charge is 0.388 e. The van der Waals surface area contributed by atoms with Crippen molar-refractivity contribution in [3.05, 3.63) is 57.0 Å². The highest BCUT2D eigenvalue weighted by Gasteiger charge is 2.21. The Morgan fingerprint density at radius 3 is 2.68 bits per heavy atom. The molecule has 0 amide bonds. The third-order valence-electron chi connectivity index (χ3n) is 2.52. The van der Waals surface area contributed by atoms with Crippen molar-refractivity contribution in [3.63, 3.8) is 0 Å². The van der Waals surface area contributed by atoms with Crippen LogP contribution in [0.25, 0.3) is 0 Å². The molecule has 19 heavy (non-hydrogen) atoms. The molecule has 0 saturated heterocycles. The van der Waals surface area contributed by atoms with E-state index in [-0.39, 0.29) is 5.69 Å². The van der Waals surface area contributed by atoms with E-state index < -0.39 is 11.0 Å². The zero-order valence-corrected chi connectivity index (χ0v) is 11.9. The van der Waals surface area contributed by atoms with Gasteiger partial charge in [0.25, 0.3) is 5.69 Å². The second-order valence-corrected chi connectivity index (χ2v) is 6.36. The predicted octanol–water partition coefficient (Wildman–Crippen LogP) is 4.00. The number of nitrogens with zero attached hydrogens (tertiary/aromatic N) is 1. The van der Waals surface area contributed by atoms with Crippen LogP contribution in [0.3, 0.4) is 0 Å². The maximum atomic E-state index is 11.0. The highest BCUT2D eigenvalue weighted by atomic mass is 32.2. The van der Waals surface area contributed by atoms with Crippen molar-refractivity contribution in [2.75, 3.05) is 0 Å². The number of hydrogen-bond donors (Lipinski definition) is 1. The molecule has 0 bridgehead atoms. The van der Waals surface area contributed by atoms with Crippen molar-refractivity contribution in [3.8, 4) is 0 Å². The number of benzene rings is 1. The topological polar surface area (TPSA) is 63.4 Å². The number of thioether (sulfide) groups is 1. The van der Waals surface area contributed by atoms with Gasteiger partial charge in [-0.3, -0.25) is 10.1 Å². The van der Waals surface area contributed by atoms with Crippen LogP contribution in [-0.4, -0.2) is 10.0 Å². The summed E-state index contributed by atoms with van der Waals surface area (Å²) in [6, 6.07) is 11.3. The number of aliphatic hydroxyl groups is 1. The van der Waals surface area contributed by atoms with Crippen LogP contribution < -0.4 is 0 Å². The number of aliphatic hydroxyl groups excluding tert-OH is 1. The summed E-state index contributed by atoms with van der Waals surface area (Å²) < 4.78 is 0.643. The molecule has 0 unspecified atom stereocenters. The standard InChI is InChI=1S/C13H13NO3S2/c1-9(15)12-7-11(14(16)17)13(19-12)18-8-10-5-3-2-4-6-10/h2-7,9,15H,8H2,1H3/t9-/m1/s1. The SMILES string of the molecule is C[C@@H](O)c1cc([N+](=O)[O-])c(SCc2ccccc2)s1. The van der Waals surface area contributed by atoms with E-state index in [0.29, 0.717) is 14.8 Å². The first-order valence-corrected chi connectivity index (χ1v) is 7.51. The van der Waals surface area contributed by atoms with Gasteiger partial charge in [-0.25, -0.2) is 0 Å². The minimum Gasteiger partial charge on any atom is -0.388 e. The van der Waals surface area contributed by atoms with Crippen LogP contribution in [0.1, 0.15) is 23.5 Å². The van der Waals surface area contributed by atoms with Crippen molar-refractivity contribution in [2.24, 2.45) is 0 Å². The quantitative estimate of drug-likeness (QED) is 0.514. The normalized spacial score (nSPS) is 12.3. The predicted molar refractivity (Wildman–Crippen MR) is 77.6 cm³/mol. The molecule has 4 nitrogen and oxygen atoms in total. The van der Waals surface area contributed by atoms with Gasteiger partial charge >= 0.3 is 0 Å². The average molecular weight is 295 g/mol. The molecule has 1 atom stereocenters. The van der Waals surface area contributed by atoms with Crippen molar-refractivity contribution >= 4 is 28.8 Å². The van der Waals surface area contributed by atoms with E-state index in [4.69, 9.17) is 0 Å². The molecule has 1 aromatic heterocycles. The zero-order chi connectivity index (χ0) is 13.8. The fourth-order valence-corrected chi connectivity index (χ4v) is 3.81. The van der Waals surface area contributed by atoms with Gasteiger partial charge in [-0.2, -0.15) is 0 Å². The minimum absolute atomic E-state index is 0.0850. The van der Waals surface area contributed by atoms with Gasteiger partial charge < -0.3 is 5.11 Å². The van der Waals surface area contributed by atoms with Gasteiger partial charge in [0.05, 0.1) is 11.0 Å². The van der Waals surface area contributed by atoms with E-state index >= 15 is 0 Å². The summed E-state index contributed by atoms with van der Waals surface area (Å²) in [7, 11) is 0. The van der Waals surface area contributed by atoms with Crippen molar-refractivity contribution in [1.29, 1.82) is 0 Å². The van der Waals surface area contributed by atoms with E-state index in [1.165, 1.54) is 29.2 Å². The van der Waals surface area contributed by atoms with Crippen LogP contribution in [0.2, 0.25) is 0 Å². The van der Waals surface area contributed by atoms with Crippen LogP contribution in [0, 0.1) is 10.1 Å². The Morgan fingerprint density at radius 1 is 1.42 bits per heavy atom. The highest BCUT2D eigenvalue weighted by molar-refractivity contribution is 8.00. The monoisotopic (exact) mass is 295 g/mol. The fraction of sp³-hybridized carbons (Fsp3) is 0.231. The summed E-state index contributed by atoms with van der Waals surface area (Å²) in [4.78, 5) is 11.2. The number of rotatable bonds is 5. The second-order valence-electron chi connectivity index (χ2n) is 4.03. The Balaban J connectivity index is 2.17. The van der Waals surface area contributed by atoms with Crippen LogP contribution in [0.15, 0.2) is 40.6 Å². The summed E-state index contributed by atoms with van der Waals surface area (Å²) in [6.07, 6.45) is -0.672. The Labute approximate surface area is 119 Å². The molecular weight excluding hydrogens is 282 g/mol. The summed E-state index contributed by atoms with van der Waals surface area (Å²) in [5.74, 6) is 0.682. The maximum absolute atomic E-state index is 11.0. The van der Waals surface area contributed by atoms with Crippen LogP contribution in [0.5, 0.6) is 0 Å². The first-order valence-electron chi connectivity index (χ1n) is 5.71. The first kappa shape index (κ1) is 14.0. The lowest BCUT2D eigenvalue weighted by Crippen LogP contribution is -1.88. The van der Waals surface area contributed by atoms with Gasteiger partial charge in [0, 0.05) is 16.7 Å². The van der Waals surface area contributed by atoms with Gasteiger partial charge in [-0.05, 0) is 12.5 Å². The molecule has 0 saturated carbocycles. The van der Waals surface area contributed by atoms with Gasteiger partial charge in [0.2, 0.25) is 0 Å². The van der Waals surface area contributed by atoms with E-state index in [0.717, 1.165) is 5.56 Å². The molecule has 0 fully saturated rings. The van der Waals surface area contributed by atoms with Gasteiger partial charge in [0.15, 0.2) is 0 Å². The smallest absolute Gasteiger partial charge is 0.294 e. The van der Waals surface area contributed by atoms with Gasteiger partial charge in [-0.1, -0.05) is 30.3 Å². The molecule has 0 aliphatic heterocycles. The second kappa shape index (κ2) is 6.18.